The molecule has 10 heteroatoms. The Balaban J connectivity index is 1.51. The SMILES string of the molecule is CSc1ncccc1C(=O)N1CCC(CNS(=O)(=O)c2ccc(NC(=O)C(C)C)cc2)CC1. The smallest absolute Gasteiger partial charge is 0.256 e. The van der Waals surface area contributed by atoms with Crippen molar-refractivity contribution >= 4 is 39.3 Å². The van der Waals surface area contributed by atoms with E-state index in [2.05, 4.69) is 15.0 Å². The van der Waals surface area contributed by atoms with Gasteiger partial charge in [0.15, 0.2) is 0 Å². The van der Waals surface area contributed by atoms with Gasteiger partial charge in [-0.1, -0.05) is 13.8 Å². The van der Waals surface area contributed by atoms with Crippen LogP contribution in [0.25, 0.3) is 0 Å². The highest BCUT2D eigenvalue weighted by Crippen LogP contribution is 2.23. The summed E-state index contributed by atoms with van der Waals surface area (Å²) in [6.07, 6.45) is 5.02. The number of benzene rings is 1. The van der Waals surface area contributed by atoms with Crippen molar-refractivity contribution in [1.29, 1.82) is 0 Å². The third-order valence-electron chi connectivity index (χ3n) is 5.62. The summed E-state index contributed by atoms with van der Waals surface area (Å²) in [5.41, 5.74) is 1.17. The third kappa shape index (κ3) is 6.55. The Labute approximate surface area is 199 Å². The Hall–Kier alpha value is -2.43. The zero-order chi connectivity index (χ0) is 24.0. The number of thioether (sulfide) groups is 1. The highest BCUT2D eigenvalue weighted by molar-refractivity contribution is 7.98. The summed E-state index contributed by atoms with van der Waals surface area (Å²) in [5.74, 6) is -0.158. The van der Waals surface area contributed by atoms with E-state index in [0.717, 1.165) is 12.8 Å². The van der Waals surface area contributed by atoms with Crippen molar-refractivity contribution in [3.05, 3.63) is 48.2 Å². The Morgan fingerprint density at radius 2 is 1.82 bits per heavy atom. The number of nitrogens with zero attached hydrogens (tertiary/aromatic N) is 2. The van der Waals surface area contributed by atoms with E-state index >= 15 is 0 Å². The molecular formula is C23H30N4O4S2. The quantitative estimate of drug-likeness (QED) is 0.550. The molecule has 0 aliphatic carbocycles. The Bertz CT molecular complexity index is 1080. The Morgan fingerprint density at radius 1 is 1.15 bits per heavy atom. The fourth-order valence-electron chi connectivity index (χ4n) is 3.54. The monoisotopic (exact) mass is 490 g/mol. The van der Waals surface area contributed by atoms with Gasteiger partial charge in [-0.05, 0) is 61.4 Å². The molecule has 1 aliphatic rings. The van der Waals surface area contributed by atoms with E-state index in [1.54, 1.807) is 44.3 Å². The van der Waals surface area contributed by atoms with Gasteiger partial charge in [-0.3, -0.25) is 9.59 Å². The summed E-state index contributed by atoms with van der Waals surface area (Å²) in [5, 5.41) is 3.46. The second-order valence-corrected chi connectivity index (χ2v) is 10.9. The fourth-order valence-corrected chi connectivity index (χ4v) is 5.20. The zero-order valence-corrected chi connectivity index (χ0v) is 20.7. The summed E-state index contributed by atoms with van der Waals surface area (Å²) in [7, 11) is -3.66. The van der Waals surface area contributed by atoms with Crippen molar-refractivity contribution < 1.29 is 18.0 Å². The molecule has 2 N–H and O–H groups in total. The minimum atomic E-state index is -3.66. The number of rotatable bonds is 8. The molecule has 2 amide bonds. The van der Waals surface area contributed by atoms with Crippen molar-refractivity contribution in [1.82, 2.24) is 14.6 Å². The van der Waals surface area contributed by atoms with Crippen molar-refractivity contribution in [2.24, 2.45) is 11.8 Å². The summed E-state index contributed by atoms with van der Waals surface area (Å²) in [4.78, 5) is 30.9. The van der Waals surface area contributed by atoms with Gasteiger partial charge in [-0.15, -0.1) is 11.8 Å². The largest absolute Gasteiger partial charge is 0.339 e. The van der Waals surface area contributed by atoms with Gasteiger partial charge in [0.25, 0.3) is 5.91 Å². The van der Waals surface area contributed by atoms with Crippen LogP contribution in [0, 0.1) is 11.8 Å². The summed E-state index contributed by atoms with van der Waals surface area (Å²) >= 11 is 1.45. The molecule has 0 bridgehead atoms. The van der Waals surface area contributed by atoms with Gasteiger partial charge in [0.2, 0.25) is 15.9 Å². The van der Waals surface area contributed by atoms with E-state index in [0.29, 0.717) is 35.9 Å². The van der Waals surface area contributed by atoms with Gasteiger partial charge < -0.3 is 10.2 Å². The van der Waals surface area contributed by atoms with E-state index in [4.69, 9.17) is 0 Å². The van der Waals surface area contributed by atoms with Gasteiger partial charge >= 0.3 is 0 Å². The average Bonchev–Trinajstić information content (AvgIpc) is 2.83. The number of hydrogen-bond acceptors (Lipinski definition) is 6. The number of carbonyl (C=O) groups excluding carboxylic acids is 2. The highest BCUT2D eigenvalue weighted by atomic mass is 32.2. The van der Waals surface area contributed by atoms with Crippen LogP contribution in [0.5, 0.6) is 0 Å². The Kier molecular flexibility index (Phi) is 8.50. The molecule has 2 aromatic rings. The van der Waals surface area contributed by atoms with E-state index in [-0.39, 0.29) is 28.5 Å². The summed E-state index contributed by atoms with van der Waals surface area (Å²) < 4.78 is 28.0. The molecule has 1 saturated heterocycles. The molecule has 1 aliphatic heterocycles. The number of nitrogens with one attached hydrogen (secondary N) is 2. The van der Waals surface area contributed by atoms with E-state index in [9.17, 15) is 18.0 Å². The number of sulfonamides is 1. The first-order chi connectivity index (χ1) is 15.7. The Morgan fingerprint density at radius 3 is 2.42 bits per heavy atom. The molecule has 8 nitrogen and oxygen atoms in total. The standard InChI is InChI=1S/C23H30N4O4S2/c1-16(2)21(28)26-18-6-8-19(9-7-18)33(30,31)25-15-17-10-13-27(14-11-17)23(29)20-5-4-12-24-22(20)32-3/h4-9,12,16-17,25H,10-11,13-15H2,1-3H3,(H,26,28). The number of pyridine rings is 1. The molecule has 1 aromatic heterocycles. The van der Waals surface area contributed by atoms with Gasteiger partial charge in [0, 0.05) is 37.4 Å². The third-order valence-corrected chi connectivity index (χ3v) is 7.77. The minimum Gasteiger partial charge on any atom is -0.339 e. The lowest BCUT2D eigenvalue weighted by Gasteiger charge is -2.32. The van der Waals surface area contributed by atoms with E-state index < -0.39 is 10.0 Å². The molecule has 3 rings (SSSR count). The molecule has 0 atom stereocenters. The summed E-state index contributed by atoms with van der Waals surface area (Å²) in [6, 6.07) is 9.69. The van der Waals surface area contributed by atoms with Crippen LogP contribution < -0.4 is 10.0 Å². The molecule has 0 unspecified atom stereocenters. The maximum absolute atomic E-state index is 12.9. The maximum Gasteiger partial charge on any atom is 0.256 e. The van der Waals surface area contributed by atoms with E-state index in [1.165, 1.54) is 23.9 Å². The lowest BCUT2D eigenvalue weighted by atomic mass is 9.97. The molecule has 2 heterocycles. The van der Waals surface area contributed by atoms with Crippen LogP contribution in [0.15, 0.2) is 52.5 Å². The lowest BCUT2D eigenvalue weighted by Crippen LogP contribution is -2.41. The van der Waals surface area contributed by atoms with Gasteiger partial charge in [-0.25, -0.2) is 18.1 Å². The normalized spacial score (nSPS) is 15.0. The number of carbonyl (C=O) groups is 2. The molecular weight excluding hydrogens is 460 g/mol. The van der Waals surface area contributed by atoms with Crippen molar-refractivity contribution in [3.8, 4) is 0 Å². The van der Waals surface area contributed by atoms with Crippen LogP contribution >= 0.6 is 11.8 Å². The molecule has 1 aromatic carbocycles. The molecule has 0 radical (unpaired) electrons. The predicted molar refractivity (Wildman–Crippen MR) is 130 cm³/mol. The predicted octanol–water partition coefficient (Wildman–Crippen LogP) is 3.23. The van der Waals surface area contributed by atoms with Crippen molar-refractivity contribution in [2.75, 3.05) is 31.2 Å². The van der Waals surface area contributed by atoms with Crippen LogP contribution in [-0.4, -0.2) is 56.0 Å². The van der Waals surface area contributed by atoms with Crippen LogP contribution in [-0.2, 0) is 14.8 Å². The van der Waals surface area contributed by atoms with Gasteiger partial charge in [-0.2, -0.15) is 0 Å². The second kappa shape index (κ2) is 11.1. The number of amides is 2. The summed E-state index contributed by atoms with van der Waals surface area (Å²) in [6.45, 7) is 5.06. The van der Waals surface area contributed by atoms with Gasteiger partial charge in [0.1, 0.15) is 5.03 Å². The maximum atomic E-state index is 12.9. The number of piperidine rings is 1. The average molecular weight is 491 g/mol. The minimum absolute atomic E-state index is 0.0314. The number of likely N-dealkylation sites (tertiary alicyclic amines) is 1. The van der Waals surface area contributed by atoms with Crippen LogP contribution in [0.2, 0.25) is 0 Å². The van der Waals surface area contributed by atoms with Crippen molar-refractivity contribution in [3.63, 3.8) is 0 Å². The number of hydrogen-bond donors (Lipinski definition) is 2. The molecule has 0 spiro atoms. The molecule has 0 saturated carbocycles. The van der Waals surface area contributed by atoms with Crippen LogP contribution in [0.4, 0.5) is 5.69 Å². The second-order valence-electron chi connectivity index (χ2n) is 8.32. The molecule has 1 fully saturated rings. The van der Waals surface area contributed by atoms with Crippen molar-refractivity contribution in [2.45, 2.75) is 36.6 Å². The van der Waals surface area contributed by atoms with Crippen LogP contribution in [0.3, 0.4) is 0 Å². The van der Waals surface area contributed by atoms with Gasteiger partial charge in [0.05, 0.1) is 10.5 Å². The molecule has 33 heavy (non-hydrogen) atoms. The fraction of sp³-hybridized carbons (Fsp3) is 0.435. The highest BCUT2D eigenvalue weighted by Gasteiger charge is 2.26. The number of aromatic nitrogens is 1. The first-order valence-electron chi connectivity index (χ1n) is 10.9. The lowest BCUT2D eigenvalue weighted by molar-refractivity contribution is -0.118. The van der Waals surface area contributed by atoms with E-state index in [1.807, 2.05) is 11.2 Å². The zero-order valence-electron chi connectivity index (χ0n) is 19.1. The van der Waals surface area contributed by atoms with Crippen LogP contribution in [0.1, 0.15) is 37.0 Å². The topological polar surface area (TPSA) is 108 Å². The first-order valence-corrected chi connectivity index (χ1v) is 13.6. The first kappa shape index (κ1) is 25.2. The number of anilines is 1. The molecule has 178 valence electrons.